The number of para-hydroxylation sites is 2. The highest BCUT2D eigenvalue weighted by Gasteiger charge is 2.21. The van der Waals surface area contributed by atoms with E-state index in [2.05, 4.69) is 60.6 Å². The Hall–Kier alpha value is -2.24. The molecule has 6 heteroatoms. The molecule has 0 fully saturated rings. The summed E-state index contributed by atoms with van der Waals surface area (Å²) >= 11 is 1.86. The summed E-state index contributed by atoms with van der Waals surface area (Å²) in [6.45, 7) is 2.09. The van der Waals surface area contributed by atoms with Gasteiger partial charge in [0, 0.05) is 18.4 Å². The molecule has 0 aliphatic carbocycles. The van der Waals surface area contributed by atoms with Gasteiger partial charge < -0.3 is 10.2 Å². The van der Waals surface area contributed by atoms with E-state index in [1.54, 1.807) is 0 Å². The lowest BCUT2D eigenvalue weighted by Gasteiger charge is -2.25. The van der Waals surface area contributed by atoms with E-state index in [4.69, 9.17) is 9.97 Å². The highest BCUT2D eigenvalue weighted by molar-refractivity contribution is 7.99. The molecule has 140 valence electrons. The van der Waals surface area contributed by atoms with Gasteiger partial charge in [0.25, 0.3) is 0 Å². The number of hydrogen-bond donors (Lipinski definition) is 1. The monoisotopic (exact) mass is 398 g/mol. The van der Waals surface area contributed by atoms with Gasteiger partial charge in [-0.1, -0.05) is 36.4 Å². The van der Waals surface area contributed by atoms with Crippen LogP contribution in [0.3, 0.4) is 0 Å². The molecule has 27 heavy (non-hydrogen) atoms. The number of fused-ring (bicyclic) bond motifs is 1. The lowest BCUT2D eigenvalue weighted by Crippen LogP contribution is -2.17. The minimum absolute atomic E-state index is 0. The fourth-order valence-electron chi connectivity index (χ4n) is 3.11. The first-order chi connectivity index (χ1) is 12.7. The van der Waals surface area contributed by atoms with Crippen LogP contribution in [0.5, 0.6) is 0 Å². The van der Waals surface area contributed by atoms with Crippen molar-refractivity contribution in [2.45, 2.75) is 24.7 Å². The molecule has 0 saturated heterocycles. The number of halogens is 1. The zero-order chi connectivity index (χ0) is 17.9. The molecule has 3 aromatic rings. The molecule has 4 rings (SSSR count). The average Bonchev–Trinajstić information content (AvgIpc) is 2.69. The van der Waals surface area contributed by atoms with E-state index in [9.17, 15) is 0 Å². The number of nitrogens with zero attached hydrogens (tertiary/aromatic N) is 3. The van der Waals surface area contributed by atoms with Crippen LogP contribution in [0.25, 0.3) is 0 Å². The van der Waals surface area contributed by atoms with E-state index in [0.29, 0.717) is 5.95 Å². The highest BCUT2D eigenvalue weighted by Crippen LogP contribution is 2.39. The smallest absolute Gasteiger partial charge is 0.229 e. The van der Waals surface area contributed by atoms with Gasteiger partial charge in [0.05, 0.1) is 10.6 Å². The Morgan fingerprint density at radius 1 is 1.00 bits per heavy atom. The van der Waals surface area contributed by atoms with Crippen molar-refractivity contribution in [3.63, 3.8) is 0 Å². The first-order valence-electron chi connectivity index (χ1n) is 8.87. The van der Waals surface area contributed by atoms with Crippen LogP contribution in [-0.2, 0) is 6.42 Å². The molecule has 0 bridgehead atoms. The third-order valence-corrected chi connectivity index (χ3v) is 5.77. The van der Waals surface area contributed by atoms with E-state index in [1.807, 2.05) is 30.0 Å². The molecule has 0 spiro atoms. The quantitative estimate of drug-likeness (QED) is 0.605. The Labute approximate surface area is 170 Å². The van der Waals surface area contributed by atoms with Crippen LogP contribution in [-0.4, -0.2) is 22.8 Å². The van der Waals surface area contributed by atoms with Crippen LogP contribution >= 0.6 is 24.2 Å². The van der Waals surface area contributed by atoms with E-state index >= 15 is 0 Å². The molecule has 2 heterocycles. The molecule has 0 saturated carbocycles. The summed E-state index contributed by atoms with van der Waals surface area (Å²) in [7, 11) is 2.07. The number of hydrogen-bond acceptors (Lipinski definition) is 5. The normalized spacial score (nSPS) is 12.7. The predicted octanol–water partition coefficient (Wildman–Crippen LogP) is 5.76. The standard InChI is InChI=1S/C21H22N4S.ClH/c1-15-9-6-7-12-17(15)22-21-23-18-13-8-14-26-19(18)20(24-21)25(2)16-10-4-3-5-11-16;/h3-7,9-12H,8,13-14H2,1-2H3,(H,22,23,24);1H. The van der Waals surface area contributed by atoms with Crippen molar-refractivity contribution in [3.05, 3.63) is 65.9 Å². The summed E-state index contributed by atoms with van der Waals surface area (Å²) in [4.78, 5) is 13.1. The summed E-state index contributed by atoms with van der Waals surface area (Å²) < 4.78 is 0. The molecule has 0 radical (unpaired) electrons. The number of aryl methyl sites for hydroxylation is 2. The predicted molar refractivity (Wildman–Crippen MR) is 117 cm³/mol. The van der Waals surface area contributed by atoms with Crippen LogP contribution in [0.15, 0.2) is 59.5 Å². The van der Waals surface area contributed by atoms with Crippen molar-refractivity contribution in [2.24, 2.45) is 0 Å². The van der Waals surface area contributed by atoms with Crippen molar-refractivity contribution < 1.29 is 0 Å². The van der Waals surface area contributed by atoms with Crippen molar-refractivity contribution >= 4 is 47.3 Å². The van der Waals surface area contributed by atoms with Crippen molar-refractivity contribution in [3.8, 4) is 0 Å². The molecular formula is C21H23ClN4S. The first kappa shape index (κ1) is 19.5. The molecule has 0 atom stereocenters. The Morgan fingerprint density at radius 2 is 1.74 bits per heavy atom. The van der Waals surface area contributed by atoms with Crippen LogP contribution in [0.2, 0.25) is 0 Å². The molecule has 0 unspecified atom stereocenters. The molecule has 4 nitrogen and oxygen atoms in total. The third-order valence-electron chi connectivity index (χ3n) is 4.57. The Bertz CT molecular complexity index is 917. The van der Waals surface area contributed by atoms with E-state index < -0.39 is 0 Å². The lowest BCUT2D eigenvalue weighted by atomic mass is 10.2. The van der Waals surface area contributed by atoms with Crippen molar-refractivity contribution in [2.75, 3.05) is 23.0 Å². The maximum absolute atomic E-state index is 4.88. The van der Waals surface area contributed by atoms with Gasteiger partial charge in [-0.2, -0.15) is 4.98 Å². The summed E-state index contributed by atoms with van der Waals surface area (Å²) in [6, 6.07) is 18.6. The van der Waals surface area contributed by atoms with Crippen molar-refractivity contribution in [1.82, 2.24) is 9.97 Å². The number of thioether (sulfide) groups is 1. The van der Waals surface area contributed by atoms with Crippen molar-refractivity contribution in [1.29, 1.82) is 0 Å². The topological polar surface area (TPSA) is 41.1 Å². The molecular weight excluding hydrogens is 376 g/mol. The second-order valence-corrected chi connectivity index (χ2v) is 7.54. The molecule has 1 aliphatic rings. The van der Waals surface area contributed by atoms with Crippen LogP contribution in [0, 0.1) is 6.92 Å². The maximum atomic E-state index is 4.88. The molecule has 0 amide bonds. The van der Waals surface area contributed by atoms with Gasteiger partial charge in [0.2, 0.25) is 5.95 Å². The van der Waals surface area contributed by atoms with Gasteiger partial charge in [-0.25, -0.2) is 4.98 Å². The van der Waals surface area contributed by atoms with Crippen LogP contribution in [0.1, 0.15) is 17.7 Å². The number of benzene rings is 2. The minimum Gasteiger partial charge on any atom is -0.328 e. The SMILES string of the molecule is Cc1ccccc1Nc1nc2c(c(N(C)c3ccccc3)n1)SCCC2.Cl. The Kier molecular flexibility index (Phi) is 6.24. The lowest BCUT2D eigenvalue weighted by molar-refractivity contribution is 0.827. The van der Waals surface area contributed by atoms with Gasteiger partial charge in [-0.05, 0) is 49.3 Å². The van der Waals surface area contributed by atoms with E-state index in [-0.39, 0.29) is 12.4 Å². The van der Waals surface area contributed by atoms with Gasteiger partial charge >= 0.3 is 0 Å². The largest absolute Gasteiger partial charge is 0.328 e. The Morgan fingerprint density at radius 3 is 2.52 bits per heavy atom. The number of anilines is 4. The second-order valence-electron chi connectivity index (χ2n) is 6.43. The minimum atomic E-state index is 0. The number of aromatic nitrogens is 2. The third kappa shape index (κ3) is 4.20. The zero-order valence-corrected chi connectivity index (χ0v) is 17.1. The molecule has 1 aliphatic heterocycles. The Balaban J connectivity index is 0.00000210. The average molecular weight is 399 g/mol. The van der Waals surface area contributed by atoms with Gasteiger partial charge in [0.15, 0.2) is 5.82 Å². The summed E-state index contributed by atoms with van der Waals surface area (Å²) in [5.74, 6) is 2.76. The summed E-state index contributed by atoms with van der Waals surface area (Å²) in [5, 5.41) is 3.41. The zero-order valence-electron chi connectivity index (χ0n) is 15.5. The number of rotatable bonds is 4. The highest BCUT2D eigenvalue weighted by atomic mass is 35.5. The summed E-state index contributed by atoms with van der Waals surface area (Å²) in [5.41, 5.74) is 4.50. The maximum Gasteiger partial charge on any atom is 0.229 e. The second kappa shape index (κ2) is 8.63. The van der Waals surface area contributed by atoms with Gasteiger partial charge in [0.1, 0.15) is 0 Å². The van der Waals surface area contributed by atoms with Gasteiger partial charge in [-0.3, -0.25) is 0 Å². The molecule has 2 aromatic carbocycles. The van der Waals surface area contributed by atoms with Gasteiger partial charge in [-0.15, -0.1) is 24.2 Å². The molecule has 1 aromatic heterocycles. The molecule has 1 N–H and O–H groups in total. The van der Waals surface area contributed by atoms with E-state index in [0.717, 1.165) is 41.5 Å². The van der Waals surface area contributed by atoms with Crippen LogP contribution < -0.4 is 10.2 Å². The first-order valence-corrected chi connectivity index (χ1v) is 9.86. The fourth-order valence-corrected chi connectivity index (χ4v) is 4.22. The van der Waals surface area contributed by atoms with E-state index in [1.165, 1.54) is 10.5 Å². The van der Waals surface area contributed by atoms with Crippen LogP contribution in [0.4, 0.5) is 23.1 Å². The summed E-state index contributed by atoms with van der Waals surface area (Å²) in [6.07, 6.45) is 2.16. The fraction of sp³-hybridized carbons (Fsp3) is 0.238. The number of nitrogens with one attached hydrogen (secondary N) is 1.